The van der Waals surface area contributed by atoms with Crippen molar-refractivity contribution in [1.82, 2.24) is 9.80 Å². The van der Waals surface area contributed by atoms with Crippen LogP contribution in [0.1, 0.15) is 37.4 Å². The van der Waals surface area contributed by atoms with Crippen LogP contribution in [0.25, 0.3) is 5.76 Å². The van der Waals surface area contributed by atoms with Gasteiger partial charge in [-0.05, 0) is 62.0 Å². The fourth-order valence-electron chi connectivity index (χ4n) is 4.49. The molecule has 0 bridgehead atoms. The summed E-state index contributed by atoms with van der Waals surface area (Å²) in [5.74, 6) is -0.635. The van der Waals surface area contributed by atoms with Crippen molar-refractivity contribution in [2.24, 2.45) is 0 Å². The first-order valence-electron chi connectivity index (χ1n) is 11.7. The van der Waals surface area contributed by atoms with E-state index in [0.717, 1.165) is 19.6 Å². The molecule has 1 N–H and O–H groups in total. The number of carbonyl (C=O) groups excluding carboxylic acids is 2. The number of fused-ring (bicyclic) bond motifs is 1. The number of ketones is 1. The molecule has 0 aromatic heterocycles. The van der Waals surface area contributed by atoms with Crippen LogP contribution in [0.15, 0.2) is 42.0 Å². The Morgan fingerprint density at radius 3 is 2.43 bits per heavy atom. The van der Waals surface area contributed by atoms with Crippen molar-refractivity contribution >= 4 is 40.7 Å². The smallest absolute Gasteiger partial charge is 0.295 e. The zero-order chi connectivity index (χ0) is 25.1. The molecule has 1 saturated heterocycles. The highest BCUT2D eigenvalue weighted by Crippen LogP contribution is 2.42. The minimum absolute atomic E-state index is 0.00732. The molecule has 0 aliphatic carbocycles. The minimum Gasteiger partial charge on any atom is -0.507 e. The molecule has 2 heterocycles. The van der Waals surface area contributed by atoms with Crippen molar-refractivity contribution in [1.29, 1.82) is 0 Å². The molecular weight excluding hydrogens is 491 g/mol. The predicted molar refractivity (Wildman–Crippen MR) is 135 cm³/mol. The number of carbonyl (C=O) groups is 2. The Hall–Kier alpha value is -2.74. The Labute approximate surface area is 214 Å². The SMILES string of the molecule is CCN(CC)CCCN1C(=O)C(=O)/C(=C(/O)c2ccc3c(c2)OCCO3)[C@@H]1c1ccc(Cl)c(Cl)c1. The first-order valence-corrected chi connectivity index (χ1v) is 12.5. The van der Waals surface area contributed by atoms with Crippen LogP contribution in [-0.4, -0.2) is 66.0 Å². The van der Waals surface area contributed by atoms with Gasteiger partial charge >= 0.3 is 0 Å². The molecular formula is C26H28Cl2N2O5. The first-order chi connectivity index (χ1) is 16.8. The molecule has 7 nitrogen and oxygen atoms in total. The van der Waals surface area contributed by atoms with E-state index in [1.54, 1.807) is 36.4 Å². The normalized spacial score (nSPS) is 19.0. The maximum atomic E-state index is 13.2. The van der Waals surface area contributed by atoms with Crippen LogP contribution in [0, 0.1) is 0 Å². The number of ether oxygens (including phenoxy) is 2. The predicted octanol–water partition coefficient (Wildman–Crippen LogP) is 4.92. The topological polar surface area (TPSA) is 79.3 Å². The van der Waals surface area contributed by atoms with Crippen LogP contribution in [-0.2, 0) is 9.59 Å². The molecule has 35 heavy (non-hydrogen) atoms. The van der Waals surface area contributed by atoms with E-state index in [9.17, 15) is 14.7 Å². The average Bonchev–Trinajstić information content (AvgIpc) is 3.12. The summed E-state index contributed by atoms with van der Waals surface area (Å²) in [6, 6.07) is 9.12. The quantitative estimate of drug-likeness (QED) is 0.303. The monoisotopic (exact) mass is 518 g/mol. The number of amides is 1. The molecule has 2 aromatic rings. The molecule has 0 radical (unpaired) electrons. The zero-order valence-electron chi connectivity index (χ0n) is 19.7. The van der Waals surface area contributed by atoms with Crippen LogP contribution in [0.5, 0.6) is 11.5 Å². The molecule has 1 atom stereocenters. The van der Waals surface area contributed by atoms with Crippen molar-refractivity contribution < 1.29 is 24.2 Å². The van der Waals surface area contributed by atoms with E-state index >= 15 is 0 Å². The van der Waals surface area contributed by atoms with E-state index in [2.05, 4.69) is 18.7 Å². The number of benzene rings is 2. The number of hydrogen-bond acceptors (Lipinski definition) is 6. The Balaban J connectivity index is 1.75. The number of nitrogens with zero attached hydrogens (tertiary/aromatic N) is 2. The third-order valence-corrected chi connectivity index (χ3v) is 7.12. The second-order valence-electron chi connectivity index (χ2n) is 8.40. The Bertz CT molecular complexity index is 1160. The van der Waals surface area contributed by atoms with Gasteiger partial charge < -0.3 is 24.4 Å². The number of rotatable bonds is 8. The summed E-state index contributed by atoms with van der Waals surface area (Å²) in [6.45, 7) is 7.92. The second-order valence-corrected chi connectivity index (χ2v) is 9.22. The number of halogens is 2. The lowest BCUT2D eigenvalue weighted by Gasteiger charge is -2.27. The van der Waals surface area contributed by atoms with Crippen molar-refractivity contribution in [3.63, 3.8) is 0 Å². The van der Waals surface area contributed by atoms with Gasteiger partial charge in [0.05, 0.1) is 21.7 Å². The second kappa shape index (κ2) is 10.9. The summed E-state index contributed by atoms with van der Waals surface area (Å²) in [7, 11) is 0. The van der Waals surface area contributed by atoms with Gasteiger partial charge in [-0.3, -0.25) is 9.59 Å². The third kappa shape index (κ3) is 5.13. The Morgan fingerprint density at radius 1 is 1.03 bits per heavy atom. The lowest BCUT2D eigenvalue weighted by atomic mass is 9.95. The molecule has 0 unspecified atom stereocenters. The zero-order valence-corrected chi connectivity index (χ0v) is 21.2. The molecule has 1 fully saturated rings. The van der Waals surface area contributed by atoms with Gasteiger partial charge in [0.25, 0.3) is 11.7 Å². The van der Waals surface area contributed by atoms with Crippen molar-refractivity contribution in [3.8, 4) is 11.5 Å². The fourth-order valence-corrected chi connectivity index (χ4v) is 4.80. The summed E-state index contributed by atoms with van der Waals surface area (Å²) in [6.07, 6.45) is 0.677. The van der Waals surface area contributed by atoms with Crippen molar-refractivity contribution in [2.75, 3.05) is 39.4 Å². The maximum Gasteiger partial charge on any atom is 0.295 e. The maximum absolute atomic E-state index is 13.2. The number of aliphatic hydroxyl groups excluding tert-OH is 1. The molecule has 186 valence electrons. The summed E-state index contributed by atoms with van der Waals surface area (Å²) in [5.41, 5.74) is 0.967. The van der Waals surface area contributed by atoms with Crippen molar-refractivity contribution in [3.05, 3.63) is 63.1 Å². The fraction of sp³-hybridized carbons (Fsp3) is 0.385. The van der Waals surface area contributed by atoms with Crippen LogP contribution < -0.4 is 9.47 Å². The van der Waals surface area contributed by atoms with Gasteiger partial charge in [0, 0.05) is 12.1 Å². The van der Waals surface area contributed by atoms with E-state index in [-0.39, 0.29) is 11.3 Å². The van der Waals surface area contributed by atoms with Gasteiger partial charge in [0.1, 0.15) is 19.0 Å². The highest BCUT2D eigenvalue weighted by atomic mass is 35.5. The van der Waals surface area contributed by atoms with Crippen LogP contribution >= 0.6 is 23.2 Å². The first kappa shape index (κ1) is 25.4. The lowest BCUT2D eigenvalue weighted by molar-refractivity contribution is -0.140. The summed E-state index contributed by atoms with van der Waals surface area (Å²) in [5, 5.41) is 12.0. The Kier molecular flexibility index (Phi) is 7.89. The van der Waals surface area contributed by atoms with Crippen LogP contribution in [0.4, 0.5) is 0 Å². The van der Waals surface area contributed by atoms with E-state index in [0.29, 0.717) is 58.9 Å². The molecule has 2 aliphatic heterocycles. The average molecular weight is 519 g/mol. The molecule has 4 rings (SSSR count). The largest absolute Gasteiger partial charge is 0.507 e. The van der Waals surface area contributed by atoms with E-state index in [1.165, 1.54) is 4.90 Å². The third-order valence-electron chi connectivity index (χ3n) is 6.38. The van der Waals surface area contributed by atoms with E-state index < -0.39 is 17.7 Å². The molecule has 2 aromatic carbocycles. The Morgan fingerprint density at radius 2 is 1.74 bits per heavy atom. The van der Waals surface area contributed by atoms with Gasteiger partial charge in [-0.15, -0.1) is 0 Å². The van der Waals surface area contributed by atoms with Crippen LogP contribution in [0.3, 0.4) is 0 Å². The highest BCUT2D eigenvalue weighted by Gasteiger charge is 2.46. The molecule has 0 saturated carbocycles. The van der Waals surface area contributed by atoms with Gasteiger partial charge in [-0.2, -0.15) is 0 Å². The van der Waals surface area contributed by atoms with Crippen LogP contribution in [0.2, 0.25) is 10.0 Å². The van der Waals surface area contributed by atoms with Gasteiger partial charge in [-0.1, -0.05) is 43.1 Å². The molecule has 1 amide bonds. The standard InChI is InChI=1S/C26H28Cl2N2O5/c1-3-29(4-2)10-5-11-30-23(16-6-8-18(27)19(28)14-16)22(25(32)26(30)33)24(31)17-7-9-20-21(15-17)35-13-12-34-20/h6-9,14-15,23,31H,3-5,10-13H2,1-2H3/b24-22+/t23-/m0/s1. The van der Waals surface area contributed by atoms with Crippen molar-refractivity contribution in [2.45, 2.75) is 26.3 Å². The molecule has 2 aliphatic rings. The number of likely N-dealkylation sites (tertiary alicyclic amines) is 1. The number of hydrogen-bond donors (Lipinski definition) is 1. The van der Waals surface area contributed by atoms with E-state index in [1.807, 2.05) is 0 Å². The van der Waals surface area contributed by atoms with Gasteiger partial charge in [0.2, 0.25) is 0 Å². The number of aliphatic hydroxyl groups is 1. The highest BCUT2D eigenvalue weighted by molar-refractivity contribution is 6.46. The minimum atomic E-state index is -0.797. The summed E-state index contributed by atoms with van der Waals surface area (Å²) < 4.78 is 11.2. The summed E-state index contributed by atoms with van der Waals surface area (Å²) in [4.78, 5) is 30.1. The van der Waals surface area contributed by atoms with Gasteiger partial charge in [0.15, 0.2) is 11.5 Å². The van der Waals surface area contributed by atoms with Gasteiger partial charge in [-0.25, -0.2) is 0 Å². The number of Topliss-reactive ketones (excluding diaryl/α,β-unsaturated/α-hetero) is 1. The van der Waals surface area contributed by atoms with E-state index in [4.69, 9.17) is 32.7 Å². The molecule has 0 spiro atoms. The lowest BCUT2D eigenvalue weighted by Crippen LogP contribution is -2.33. The molecule has 9 heteroatoms. The summed E-state index contributed by atoms with van der Waals surface area (Å²) >= 11 is 12.4.